The van der Waals surface area contributed by atoms with Gasteiger partial charge in [0.2, 0.25) is 0 Å². The van der Waals surface area contributed by atoms with E-state index >= 15 is 0 Å². The van der Waals surface area contributed by atoms with E-state index < -0.39 is 5.60 Å². The number of rotatable bonds is 9. The van der Waals surface area contributed by atoms with E-state index in [9.17, 15) is 4.79 Å². The van der Waals surface area contributed by atoms with Gasteiger partial charge < -0.3 is 9.47 Å². The van der Waals surface area contributed by atoms with Crippen molar-refractivity contribution in [1.82, 2.24) is 0 Å². The van der Waals surface area contributed by atoms with Crippen LogP contribution in [0.5, 0.6) is 0 Å². The summed E-state index contributed by atoms with van der Waals surface area (Å²) in [5.41, 5.74) is 0.685. The summed E-state index contributed by atoms with van der Waals surface area (Å²) in [6, 6.07) is 14.6. The Morgan fingerprint density at radius 1 is 1.12 bits per heavy atom. The van der Waals surface area contributed by atoms with E-state index in [0.717, 1.165) is 18.4 Å². The molecule has 0 aliphatic carbocycles. The quantitative estimate of drug-likeness (QED) is 0.368. The van der Waals surface area contributed by atoms with Crippen LogP contribution in [0.1, 0.15) is 38.7 Å². The monoisotopic (exact) mass is 326 g/mol. The summed E-state index contributed by atoms with van der Waals surface area (Å²) in [6.07, 6.45) is 3.44. The third kappa shape index (κ3) is 4.68. The second-order valence-corrected chi connectivity index (χ2v) is 6.00. The number of esters is 1. The molecular weight excluding hydrogens is 300 g/mol. The van der Waals surface area contributed by atoms with Crippen molar-refractivity contribution < 1.29 is 14.3 Å². The van der Waals surface area contributed by atoms with Gasteiger partial charge in [-0.2, -0.15) is 0 Å². The van der Waals surface area contributed by atoms with E-state index in [1.165, 1.54) is 16.8 Å². The Morgan fingerprint density at radius 3 is 2.50 bits per heavy atom. The van der Waals surface area contributed by atoms with E-state index in [1.807, 2.05) is 26.0 Å². The van der Waals surface area contributed by atoms with Crippen molar-refractivity contribution in [3.63, 3.8) is 0 Å². The van der Waals surface area contributed by atoms with Gasteiger partial charge in [-0.25, -0.2) is 4.79 Å². The van der Waals surface area contributed by atoms with Gasteiger partial charge in [-0.3, -0.25) is 0 Å². The summed E-state index contributed by atoms with van der Waals surface area (Å²) in [4.78, 5) is 11.5. The smallest absolute Gasteiger partial charge is 0.330 e. The molecule has 0 N–H and O–H groups in total. The second kappa shape index (κ2) is 8.65. The van der Waals surface area contributed by atoms with Crippen LogP contribution in [0.4, 0.5) is 0 Å². The first-order chi connectivity index (χ1) is 11.6. The van der Waals surface area contributed by atoms with Crippen LogP contribution in [0.25, 0.3) is 10.8 Å². The molecule has 3 heteroatoms. The number of carbonyl (C=O) groups excluding carboxylic acids is 1. The third-order valence-corrected chi connectivity index (χ3v) is 4.56. The second-order valence-electron chi connectivity index (χ2n) is 6.00. The van der Waals surface area contributed by atoms with Gasteiger partial charge in [0.25, 0.3) is 0 Å². The van der Waals surface area contributed by atoms with Crippen molar-refractivity contribution in [2.45, 2.75) is 45.3 Å². The summed E-state index contributed by atoms with van der Waals surface area (Å²) >= 11 is 0. The summed E-state index contributed by atoms with van der Waals surface area (Å²) < 4.78 is 11.4. The van der Waals surface area contributed by atoms with Crippen LogP contribution in [-0.2, 0) is 20.9 Å². The Balaban J connectivity index is 1.89. The molecule has 0 radical (unpaired) electrons. The lowest BCUT2D eigenvalue weighted by molar-refractivity contribution is -0.156. The molecule has 24 heavy (non-hydrogen) atoms. The highest BCUT2D eigenvalue weighted by Gasteiger charge is 2.29. The molecule has 0 aliphatic heterocycles. The molecule has 0 amide bonds. The number of ether oxygens (including phenoxy) is 2. The Morgan fingerprint density at radius 2 is 1.83 bits per heavy atom. The molecule has 0 fully saturated rings. The van der Waals surface area contributed by atoms with Gasteiger partial charge in [-0.1, -0.05) is 56.8 Å². The van der Waals surface area contributed by atoms with Crippen LogP contribution in [0, 0.1) is 0 Å². The number of hydrogen-bond acceptors (Lipinski definition) is 3. The molecular formula is C21H26O3. The minimum absolute atomic E-state index is 0.367. The van der Waals surface area contributed by atoms with E-state index in [0.29, 0.717) is 19.6 Å². The molecule has 0 saturated carbocycles. The zero-order chi connectivity index (χ0) is 17.4. The fraction of sp³-hybridized carbons (Fsp3) is 0.381. The Kier molecular flexibility index (Phi) is 6.56. The summed E-state index contributed by atoms with van der Waals surface area (Å²) in [5, 5.41) is 2.45. The molecule has 0 bridgehead atoms. The highest BCUT2D eigenvalue weighted by Crippen LogP contribution is 2.25. The molecule has 128 valence electrons. The molecule has 0 unspecified atom stereocenters. The third-order valence-electron chi connectivity index (χ3n) is 4.56. The van der Waals surface area contributed by atoms with Gasteiger partial charge in [0, 0.05) is 12.5 Å². The zero-order valence-corrected chi connectivity index (χ0v) is 14.6. The van der Waals surface area contributed by atoms with Crippen LogP contribution in [0.2, 0.25) is 0 Å². The maximum atomic E-state index is 11.5. The van der Waals surface area contributed by atoms with Gasteiger partial charge in [-0.05, 0) is 35.2 Å². The molecule has 0 atom stereocenters. The summed E-state index contributed by atoms with van der Waals surface area (Å²) in [6.45, 7) is 8.64. The number of benzene rings is 2. The molecule has 0 aromatic heterocycles. The Bertz CT molecular complexity index is 686. The molecule has 3 nitrogen and oxygen atoms in total. The fourth-order valence-electron chi connectivity index (χ4n) is 2.83. The zero-order valence-electron chi connectivity index (χ0n) is 14.6. The average Bonchev–Trinajstić information content (AvgIpc) is 2.64. The lowest BCUT2D eigenvalue weighted by atomic mass is 9.93. The maximum Gasteiger partial charge on any atom is 0.330 e. The molecule has 0 heterocycles. The average molecular weight is 326 g/mol. The fourth-order valence-corrected chi connectivity index (χ4v) is 2.83. The van der Waals surface area contributed by atoms with Crippen molar-refractivity contribution in [2.24, 2.45) is 0 Å². The van der Waals surface area contributed by atoms with Crippen molar-refractivity contribution in [2.75, 3.05) is 6.61 Å². The van der Waals surface area contributed by atoms with Crippen LogP contribution in [0.3, 0.4) is 0 Å². The standard InChI is InChI=1S/C21H26O3/c1-4-20(22)24-21(5-2,6-3)13-14-23-16-17-11-12-18-9-7-8-10-19(18)15-17/h4,7-12,15H,1,5-6,13-14,16H2,2-3H3. The molecule has 0 aliphatic rings. The number of carbonyl (C=O) groups is 1. The normalized spacial score (nSPS) is 11.4. The van der Waals surface area contributed by atoms with Crippen molar-refractivity contribution in [3.05, 3.63) is 60.7 Å². The van der Waals surface area contributed by atoms with Gasteiger partial charge in [0.15, 0.2) is 0 Å². The number of hydrogen-bond donors (Lipinski definition) is 0. The van der Waals surface area contributed by atoms with Crippen LogP contribution in [-0.4, -0.2) is 18.2 Å². The summed E-state index contributed by atoms with van der Waals surface area (Å²) in [7, 11) is 0. The van der Waals surface area contributed by atoms with Crippen molar-refractivity contribution >= 4 is 16.7 Å². The first kappa shape index (κ1) is 18.2. The first-order valence-corrected chi connectivity index (χ1v) is 8.53. The SMILES string of the molecule is C=CC(=O)OC(CC)(CC)CCOCc1ccc2ccccc2c1. The van der Waals surface area contributed by atoms with Crippen LogP contribution >= 0.6 is 0 Å². The molecule has 0 spiro atoms. The Hall–Kier alpha value is -2.13. The predicted molar refractivity (Wildman–Crippen MR) is 97.8 cm³/mol. The first-order valence-electron chi connectivity index (χ1n) is 8.53. The molecule has 2 rings (SSSR count). The summed E-state index contributed by atoms with van der Waals surface area (Å²) in [5.74, 6) is -0.367. The van der Waals surface area contributed by atoms with Gasteiger partial charge >= 0.3 is 5.97 Å². The molecule has 0 saturated heterocycles. The number of fused-ring (bicyclic) bond motifs is 1. The van der Waals surface area contributed by atoms with E-state index in [2.05, 4.69) is 36.9 Å². The van der Waals surface area contributed by atoms with Crippen LogP contribution in [0.15, 0.2) is 55.1 Å². The lowest BCUT2D eigenvalue weighted by Crippen LogP contribution is -2.34. The maximum absolute atomic E-state index is 11.5. The van der Waals surface area contributed by atoms with E-state index in [4.69, 9.17) is 9.47 Å². The predicted octanol–water partition coefficient (Wildman–Crippen LogP) is 5.03. The largest absolute Gasteiger partial charge is 0.456 e. The highest BCUT2D eigenvalue weighted by molar-refractivity contribution is 5.83. The lowest BCUT2D eigenvalue weighted by Gasteiger charge is -2.31. The van der Waals surface area contributed by atoms with Gasteiger partial charge in [0.05, 0.1) is 13.2 Å². The Labute approximate surface area is 144 Å². The van der Waals surface area contributed by atoms with E-state index in [1.54, 1.807) is 0 Å². The van der Waals surface area contributed by atoms with Crippen molar-refractivity contribution in [1.29, 1.82) is 0 Å². The molecule has 2 aromatic carbocycles. The van der Waals surface area contributed by atoms with E-state index in [-0.39, 0.29) is 5.97 Å². The minimum atomic E-state index is -0.464. The topological polar surface area (TPSA) is 35.5 Å². The van der Waals surface area contributed by atoms with Gasteiger partial charge in [0.1, 0.15) is 5.60 Å². The molecule has 2 aromatic rings. The van der Waals surface area contributed by atoms with Gasteiger partial charge in [-0.15, -0.1) is 0 Å². The van der Waals surface area contributed by atoms with Crippen molar-refractivity contribution in [3.8, 4) is 0 Å². The van der Waals surface area contributed by atoms with Crippen LogP contribution < -0.4 is 0 Å². The minimum Gasteiger partial charge on any atom is -0.456 e. The highest BCUT2D eigenvalue weighted by atomic mass is 16.6.